The summed E-state index contributed by atoms with van der Waals surface area (Å²) in [7, 11) is -4.08. The average molecular weight is 489 g/mol. The topological polar surface area (TPSA) is 145 Å². The number of sulfone groups is 1. The average Bonchev–Trinajstić information content (AvgIpc) is 2.75. The van der Waals surface area contributed by atoms with Crippen LogP contribution in [0.25, 0.3) is 0 Å². The van der Waals surface area contributed by atoms with Crippen molar-refractivity contribution in [2.75, 3.05) is 25.5 Å². The normalized spacial score (nSPS) is 21.9. The third kappa shape index (κ3) is 6.38. The maximum atomic E-state index is 13.0. The number of benzene rings is 1. The molecule has 1 heterocycles. The number of nitrogens with two attached hydrogens (primary N) is 1. The van der Waals surface area contributed by atoms with Gasteiger partial charge in [0.1, 0.15) is 5.75 Å². The number of para-hydroxylation sites is 1. The third-order valence-corrected chi connectivity index (χ3v) is 7.25. The van der Waals surface area contributed by atoms with Crippen LogP contribution in [0, 0.1) is 5.92 Å². The van der Waals surface area contributed by atoms with Gasteiger partial charge in [0.05, 0.1) is 42.7 Å². The fraction of sp³-hybridized carbons (Fsp3) is 0.550. The summed E-state index contributed by atoms with van der Waals surface area (Å²) in [5, 5.41) is 2.54. The number of urea groups is 1. The number of halogens is 2. The van der Waals surface area contributed by atoms with E-state index < -0.39 is 57.9 Å². The fourth-order valence-corrected chi connectivity index (χ4v) is 5.58. The maximum Gasteiger partial charge on any atom is 0.387 e. The second-order valence-electron chi connectivity index (χ2n) is 7.89. The molecule has 3 atom stereocenters. The molecule has 2 aliphatic rings. The van der Waals surface area contributed by atoms with Crippen molar-refractivity contribution in [3.63, 3.8) is 0 Å². The monoisotopic (exact) mass is 489 g/mol. The number of alkyl halides is 2. The van der Waals surface area contributed by atoms with E-state index in [0.717, 1.165) is 0 Å². The quantitative estimate of drug-likeness (QED) is 0.512. The van der Waals surface area contributed by atoms with Crippen LogP contribution in [0.15, 0.2) is 24.3 Å². The molecule has 3 rings (SSSR count). The minimum atomic E-state index is -4.08. The molecule has 13 heteroatoms. The van der Waals surface area contributed by atoms with Gasteiger partial charge in [-0.2, -0.15) is 8.78 Å². The third-order valence-electron chi connectivity index (χ3n) is 5.63. The van der Waals surface area contributed by atoms with Crippen LogP contribution in [0.1, 0.15) is 18.4 Å². The van der Waals surface area contributed by atoms with Crippen LogP contribution in [-0.4, -0.2) is 75.2 Å². The molecule has 0 aromatic heterocycles. The highest BCUT2D eigenvalue weighted by Crippen LogP contribution is 2.26. The van der Waals surface area contributed by atoms with Gasteiger partial charge in [0, 0.05) is 18.5 Å². The Morgan fingerprint density at radius 2 is 2.03 bits per heavy atom. The molecule has 1 aliphatic carbocycles. The van der Waals surface area contributed by atoms with Gasteiger partial charge in [-0.15, -0.1) is 0 Å². The first kappa shape index (κ1) is 24.8. The highest BCUT2D eigenvalue weighted by molar-refractivity contribution is 7.90. The van der Waals surface area contributed by atoms with Crippen molar-refractivity contribution in [3.8, 4) is 5.75 Å². The van der Waals surface area contributed by atoms with E-state index in [-0.39, 0.29) is 36.9 Å². The van der Waals surface area contributed by atoms with E-state index >= 15 is 0 Å². The molecule has 1 aromatic carbocycles. The Hall–Kier alpha value is -2.80. The molecule has 1 saturated carbocycles. The van der Waals surface area contributed by atoms with E-state index in [2.05, 4.69) is 10.1 Å². The molecule has 33 heavy (non-hydrogen) atoms. The number of rotatable bonds is 9. The molecule has 0 spiro atoms. The largest absolute Gasteiger partial charge is 0.435 e. The van der Waals surface area contributed by atoms with E-state index in [9.17, 15) is 31.6 Å². The minimum Gasteiger partial charge on any atom is -0.435 e. The molecule has 3 unspecified atom stereocenters. The zero-order valence-corrected chi connectivity index (χ0v) is 18.4. The summed E-state index contributed by atoms with van der Waals surface area (Å²) in [4.78, 5) is 37.8. The van der Waals surface area contributed by atoms with Gasteiger partial charge in [-0.05, 0) is 12.5 Å². The molecule has 2 fully saturated rings. The Morgan fingerprint density at radius 3 is 2.64 bits per heavy atom. The van der Waals surface area contributed by atoms with Crippen LogP contribution in [0.2, 0.25) is 0 Å². The summed E-state index contributed by atoms with van der Waals surface area (Å²) in [6.07, 6.45) is 0.748. The number of primary amides is 1. The van der Waals surface area contributed by atoms with Gasteiger partial charge in [0.2, 0.25) is 5.91 Å². The zero-order chi connectivity index (χ0) is 24.2. The number of Topliss-reactive ketones (excluding diaryl/α,β-unsaturated/α-hetero) is 1. The number of hydrogen-bond donors (Lipinski definition) is 2. The van der Waals surface area contributed by atoms with Gasteiger partial charge < -0.3 is 25.4 Å². The second-order valence-corrected chi connectivity index (χ2v) is 10.00. The van der Waals surface area contributed by atoms with Crippen molar-refractivity contribution < 1.29 is 41.1 Å². The Labute approximate surface area is 189 Å². The van der Waals surface area contributed by atoms with E-state index in [4.69, 9.17) is 10.5 Å². The lowest BCUT2D eigenvalue weighted by Gasteiger charge is -2.39. The molecule has 182 valence electrons. The summed E-state index contributed by atoms with van der Waals surface area (Å²) in [6, 6.07) is 2.91. The van der Waals surface area contributed by atoms with Crippen LogP contribution in [-0.2, 0) is 29.9 Å². The SMILES string of the molecule is NC(=O)N1CCOCC1C(CS(=O)(=O)Cc1ccccc1OC(F)F)C(=O)NC1CCC1=O. The van der Waals surface area contributed by atoms with Crippen LogP contribution >= 0.6 is 0 Å². The smallest absolute Gasteiger partial charge is 0.387 e. The number of carbonyl (C=O) groups excluding carboxylic acids is 3. The van der Waals surface area contributed by atoms with Gasteiger partial charge in [0.25, 0.3) is 0 Å². The molecule has 1 aliphatic heterocycles. The summed E-state index contributed by atoms with van der Waals surface area (Å²) in [6.45, 7) is -3.03. The van der Waals surface area contributed by atoms with E-state index in [1.807, 2.05) is 0 Å². The highest BCUT2D eigenvalue weighted by Gasteiger charge is 2.41. The molecule has 1 aromatic rings. The van der Waals surface area contributed by atoms with E-state index in [0.29, 0.717) is 12.8 Å². The van der Waals surface area contributed by atoms with Crippen molar-refractivity contribution >= 4 is 27.6 Å². The van der Waals surface area contributed by atoms with Crippen molar-refractivity contribution in [2.45, 2.75) is 37.3 Å². The highest BCUT2D eigenvalue weighted by atomic mass is 32.2. The van der Waals surface area contributed by atoms with Gasteiger partial charge >= 0.3 is 12.6 Å². The lowest BCUT2D eigenvalue weighted by Crippen LogP contribution is -2.60. The predicted octanol–water partition coefficient (Wildman–Crippen LogP) is 0.446. The first-order chi connectivity index (χ1) is 15.6. The van der Waals surface area contributed by atoms with E-state index in [1.54, 1.807) is 0 Å². The molecule has 1 saturated heterocycles. The number of ether oxygens (including phenoxy) is 2. The summed E-state index contributed by atoms with van der Waals surface area (Å²) in [5.74, 6) is -3.88. The fourth-order valence-electron chi connectivity index (χ4n) is 3.83. The Balaban J connectivity index is 1.84. The zero-order valence-electron chi connectivity index (χ0n) is 17.6. The molecule has 0 bridgehead atoms. The van der Waals surface area contributed by atoms with Crippen molar-refractivity contribution in [1.82, 2.24) is 10.2 Å². The Bertz CT molecular complexity index is 1010. The van der Waals surface area contributed by atoms with Crippen molar-refractivity contribution in [3.05, 3.63) is 29.8 Å². The molecule has 3 amide bonds. The van der Waals surface area contributed by atoms with Crippen molar-refractivity contribution in [1.29, 1.82) is 0 Å². The first-order valence-electron chi connectivity index (χ1n) is 10.3. The lowest BCUT2D eigenvalue weighted by atomic mass is 9.90. The van der Waals surface area contributed by atoms with Gasteiger partial charge in [-0.25, -0.2) is 13.2 Å². The summed E-state index contributed by atoms with van der Waals surface area (Å²) < 4.78 is 61.2. The lowest BCUT2D eigenvalue weighted by molar-refractivity contribution is -0.135. The number of ketones is 1. The maximum absolute atomic E-state index is 13.0. The second kappa shape index (κ2) is 10.4. The number of hydrogen-bond acceptors (Lipinski definition) is 7. The standard InChI is InChI=1S/C20H25F2N3O7S/c21-19(22)32-17-4-2-1-3-12(17)10-33(29,30)11-13(18(27)24-14-5-6-16(14)26)15-9-31-8-7-25(15)20(23)28/h1-4,13-15,19H,5-11H2,(H2,23,28)(H,24,27). The van der Waals surface area contributed by atoms with Crippen molar-refractivity contribution in [2.24, 2.45) is 11.7 Å². The number of carbonyl (C=O) groups is 3. The number of amides is 3. The number of morpholine rings is 1. The van der Waals surface area contributed by atoms with Gasteiger partial charge in [0.15, 0.2) is 15.6 Å². The number of nitrogens with one attached hydrogen (secondary N) is 1. The summed E-state index contributed by atoms with van der Waals surface area (Å²) in [5.41, 5.74) is 5.42. The van der Waals surface area contributed by atoms with Crippen LogP contribution in [0.5, 0.6) is 5.75 Å². The molecule has 10 nitrogen and oxygen atoms in total. The molecule has 3 N–H and O–H groups in total. The molecular weight excluding hydrogens is 464 g/mol. The Morgan fingerprint density at radius 1 is 1.30 bits per heavy atom. The first-order valence-corrected chi connectivity index (χ1v) is 12.1. The molecule has 0 radical (unpaired) electrons. The van der Waals surface area contributed by atoms with Crippen LogP contribution in [0.3, 0.4) is 0 Å². The molecular formula is C20H25F2N3O7S. The van der Waals surface area contributed by atoms with E-state index in [1.165, 1.54) is 29.2 Å². The summed E-state index contributed by atoms with van der Waals surface area (Å²) >= 11 is 0. The Kier molecular flexibility index (Phi) is 7.84. The van der Waals surface area contributed by atoms with Crippen LogP contribution in [0.4, 0.5) is 13.6 Å². The van der Waals surface area contributed by atoms with Gasteiger partial charge in [-0.3, -0.25) is 9.59 Å². The van der Waals surface area contributed by atoms with Crippen LogP contribution < -0.4 is 15.8 Å². The number of nitrogens with zero attached hydrogens (tertiary/aromatic N) is 1. The predicted molar refractivity (Wildman–Crippen MR) is 111 cm³/mol. The minimum absolute atomic E-state index is 0.00206. The van der Waals surface area contributed by atoms with Gasteiger partial charge in [-0.1, -0.05) is 18.2 Å².